The van der Waals surface area contributed by atoms with Crippen LogP contribution in [0.1, 0.15) is 36.3 Å². The number of benzene rings is 1. The van der Waals surface area contributed by atoms with Crippen LogP contribution in [0.4, 0.5) is 0 Å². The van der Waals surface area contributed by atoms with E-state index in [-0.39, 0.29) is 17.6 Å². The average Bonchev–Trinajstić information content (AvgIpc) is 3.31. The van der Waals surface area contributed by atoms with Crippen molar-refractivity contribution >= 4 is 5.91 Å². The number of hydrogen-bond donors (Lipinski definition) is 1. The minimum Gasteiger partial charge on any atom is -0.497 e. The molecule has 0 aliphatic rings. The molecule has 3 aromatic rings. The summed E-state index contributed by atoms with van der Waals surface area (Å²) in [5.41, 5.74) is 0.802. The first-order valence-electron chi connectivity index (χ1n) is 7.91. The summed E-state index contributed by atoms with van der Waals surface area (Å²) in [5.74, 6) is 1.52. The monoisotopic (exact) mass is 341 g/mol. The van der Waals surface area contributed by atoms with Gasteiger partial charge in [0.15, 0.2) is 5.76 Å². The van der Waals surface area contributed by atoms with Crippen LogP contribution in [0.25, 0.3) is 11.4 Å². The number of carbonyl (C=O) groups excluding carboxylic acids is 1. The number of nitrogens with zero attached hydrogens (tertiary/aromatic N) is 2. The highest BCUT2D eigenvalue weighted by atomic mass is 16.5. The van der Waals surface area contributed by atoms with Crippen LogP contribution in [0.15, 0.2) is 51.6 Å². The summed E-state index contributed by atoms with van der Waals surface area (Å²) in [6.07, 6.45) is 1.45. The van der Waals surface area contributed by atoms with Gasteiger partial charge >= 0.3 is 0 Å². The third kappa shape index (κ3) is 3.71. The summed E-state index contributed by atoms with van der Waals surface area (Å²) in [7, 11) is 1.61. The van der Waals surface area contributed by atoms with Crippen molar-refractivity contribution in [1.82, 2.24) is 15.5 Å². The zero-order valence-electron chi connectivity index (χ0n) is 14.2. The molecule has 1 amide bonds. The van der Waals surface area contributed by atoms with E-state index in [2.05, 4.69) is 15.5 Å². The second kappa shape index (κ2) is 7.21. The zero-order chi connectivity index (χ0) is 17.8. The van der Waals surface area contributed by atoms with Crippen LogP contribution in [0, 0.1) is 5.92 Å². The molecular weight excluding hydrogens is 322 g/mol. The van der Waals surface area contributed by atoms with Crippen molar-refractivity contribution in [2.45, 2.75) is 19.9 Å². The number of nitrogens with one attached hydrogen (secondary N) is 1. The Kier molecular flexibility index (Phi) is 4.83. The Bertz CT molecular complexity index is 822. The van der Waals surface area contributed by atoms with E-state index in [4.69, 9.17) is 13.7 Å². The van der Waals surface area contributed by atoms with Gasteiger partial charge in [0.05, 0.1) is 13.4 Å². The minimum atomic E-state index is -0.419. The van der Waals surface area contributed by atoms with Crippen LogP contribution in [0.3, 0.4) is 0 Å². The van der Waals surface area contributed by atoms with Crippen LogP contribution in [-0.2, 0) is 0 Å². The number of furan rings is 1. The lowest BCUT2D eigenvalue weighted by Gasteiger charge is -2.17. The van der Waals surface area contributed by atoms with E-state index in [1.165, 1.54) is 6.26 Å². The van der Waals surface area contributed by atoms with Crippen LogP contribution in [-0.4, -0.2) is 23.2 Å². The fourth-order valence-corrected chi connectivity index (χ4v) is 2.35. The Balaban J connectivity index is 1.80. The summed E-state index contributed by atoms with van der Waals surface area (Å²) >= 11 is 0. The Hall–Kier alpha value is -3.09. The molecule has 7 heteroatoms. The van der Waals surface area contributed by atoms with Crippen molar-refractivity contribution in [2.75, 3.05) is 7.11 Å². The van der Waals surface area contributed by atoms with E-state index in [0.717, 1.165) is 11.3 Å². The quantitative estimate of drug-likeness (QED) is 0.738. The molecule has 1 atom stereocenters. The van der Waals surface area contributed by atoms with Gasteiger partial charge in [-0.3, -0.25) is 4.79 Å². The lowest BCUT2D eigenvalue weighted by molar-refractivity contribution is 0.0885. The lowest BCUT2D eigenvalue weighted by Crippen LogP contribution is -2.31. The smallest absolute Gasteiger partial charge is 0.287 e. The van der Waals surface area contributed by atoms with Crippen LogP contribution in [0.2, 0.25) is 0 Å². The maximum atomic E-state index is 12.2. The van der Waals surface area contributed by atoms with Crippen molar-refractivity contribution in [3.8, 4) is 17.1 Å². The van der Waals surface area contributed by atoms with E-state index in [1.807, 2.05) is 38.1 Å². The minimum absolute atomic E-state index is 0.0584. The fourth-order valence-electron chi connectivity index (χ4n) is 2.35. The molecule has 0 spiro atoms. The number of ether oxygens (including phenoxy) is 1. The Morgan fingerprint density at radius 3 is 2.56 bits per heavy atom. The van der Waals surface area contributed by atoms with Crippen molar-refractivity contribution in [3.05, 3.63) is 54.3 Å². The van der Waals surface area contributed by atoms with Crippen LogP contribution < -0.4 is 10.1 Å². The van der Waals surface area contributed by atoms with Gasteiger partial charge in [-0.1, -0.05) is 19.0 Å². The molecule has 0 fully saturated rings. The largest absolute Gasteiger partial charge is 0.497 e. The number of carbonyl (C=O) groups is 1. The van der Waals surface area contributed by atoms with Gasteiger partial charge in [-0.05, 0) is 42.3 Å². The van der Waals surface area contributed by atoms with Crippen LogP contribution in [0.5, 0.6) is 5.75 Å². The van der Waals surface area contributed by atoms with Gasteiger partial charge in [-0.2, -0.15) is 4.98 Å². The van der Waals surface area contributed by atoms with Crippen molar-refractivity contribution < 1.29 is 18.5 Å². The van der Waals surface area contributed by atoms with Crippen molar-refractivity contribution in [1.29, 1.82) is 0 Å². The molecule has 0 aliphatic heterocycles. The highest BCUT2D eigenvalue weighted by molar-refractivity contribution is 5.91. The molecule has 130 valence electrons. The Labute approximate surface area is 145 Å². The third-order valence-corrected chi connectivity index (χ3v) is 3.75. The number of rotatable bonds is 6. The van der Waals surface area contributed by atoms with Gasteiger partial charge in [-0.15, -0.1) is 0 Å². The number of amides is 1. The third-order valence-electron chi connectivity index (χ3n) is 3.75. The molecule has 2 heterocycles. The highest BCUT2D eigenvalue weighted by Crippen LogP contribution is 2.25. The number of methoxy groups -OCH3 is 1. The molecule has 25 heavy (non-hydrogen) atoms. The molecule has 1 N–H and O–H groups in total. The summed E-state index contributed by atoms with van der Waals surface area (Å²) < 4.78 is 15.6. The molecule has 0 saturated carbocycles. The normalized spacial score (nSPS) is 12.2. The van der Waals surface area contributed by atoms with Gasteiger partial charge < -0.3 is 19.0 Å². The summed E-state index contributed by atoms with van der Waals surface area (Å²) in [6.45, 7) is 3.93. The van der Waals surface area contributed by atoms with Gasteiger partial charge in [0.1, 0.15) is 11.8 Å². The Morgan fingerprint density at radius 1 is 1.20 bits per heavy atom. The first-order chi connectivity index (χ1) is 12.1. The summed E-state index contributed by atoms with van der Waals surface area (Å²) in [4.78, 5) is 16.7. The van der Waals surface area contributed by atoms with Crippen molar-refractivity contribution in [3.63, 3.8) is 0 Å². The first-order valence-corrected chi connectivity index (χ1v) is 7.91. The lowest BCUT2D eigenvalue weighted by atomic mass is 10.0. The van der Waals surface area contributed by atoms with E-state index >= 15 is 0 Å². The topological polar surface area (TPSA) is 90.4 Å². The first kappa shape index (κ1) is 16.8. The standard InChI is InChI=1S/C18H19N3O4/c1-11(2)15(19-17(22)14-5-4-10-24-14)18-20-16(21-25-18)12-6-8-13(23-3)9-7-12/h4-11,15H,1-3H3,(H,19,22)/t15-/m0/s1. The second-order valence-electron chi connectivity index (χ2n) is 5.86. The predicted octanol–water partition coefficient (Wildman–Crippen LogP) is 3.47. The molecule has 0 saturated heterocycles. The molecule has 2 aromatic heterocycles. The molecular formula is C18H19N3O4. The number of aromatic nitrogens is 2. The summed E-state index contributed by atoms with van der Waals surface area (Å²) in [5, 5.41) is 6.88. The Morgan fingerprint density at radius 2 is 1.96 bits per heavy atom. The zero-order valence-corrected chi connectivity index (χ0v) is 14.2. The maximum absolute atomic E-state index is 12.2. The average molecular weight is 341 g/mol. The second-order valence-corrected chi connectivity index (χ2v) is 5.86. The molecule has 7 nitrogen and oxygen atoms in total. The molecule has 3 rings (SSSR count). The molecule has 1 aromatic carbocycles. The van der Waals surface area contributed by atoms with Gasteiger partial charge in [0, 0.05) is 5.56 Å². The maximum Gasteiger partial charge on any atom is 0.287 e. The molecule has 0 aliphatic carbocycles. The highest BCUT2D eigenvalue weighted by Gasteiger charge is 2.26. The van der Waals surface area contributed by atoms with Gasteiger partial charge in [-0.25, -0.2) is 0 Å². The molecule has 0 unspecified atom stereocenters. The number of hydrogen-bond acceptors (Lipinski definition) is 6. The molecule has 0 bridgehead atoms. The van der Waals surface area contributed by atoms with E-state index in [1.54, 1.807) is 19.2 Å². The van der Waals surface area contributed by atoms with Gasteiger partial charge in [0.2, 0.25) is 11.7 Å². The van der Waals surface area contributed by atoms with Gasteiger partial charge in [0.25, 0.3) is 5.91 Å². The molecule has 0 radical (unpaired) electrons. The fraction of sp³-hybridized carbons (Fsp3) is 0.278. The predicted molar refractivity (Wildman–Crippen MR) is 90.0 cm³/mol. The van der Waals surface area contributed by atoms with E-state index in [0.29, 0.717) is 11.7 Å². The van der Waals surface area contributed by atoms with Crippen molar-refractivity contribution in [2.24, 2.45) is 5.92 Å². The van der Waals surface area contributed by atoms with E-state index in [9.17, 15) is 4.79 Å². The van der Waals surface area contributed by atoms with E-state index < -0.39 is 6.04 Å². The van der Waals surface area contributed by atoms with Crippen LogP contribution >= 0.6 is 0 Å². The SMILES string of the molecule is COc1ccc(-c2noc([C@@H](NC(=O)c3ccco3)C(C)C)n2)cc1. The summed E-state index contributed by atoms with van der Waals surface area (Å²) in [6, 6.07) is 10.2.